The molecule has 2 aromatic carbocycles. The summed E-state index contributed by atoms with van der Waals surface area (Å²) in [4.78, 5) is 28.9. The van der Waals surface area contributed by atoms with E-state index in [1.165, 1.54) is 18.0 Å². The number of anilines is 1. The first-order valence-electron chi connectivity index (χ1n) is 9.43. The fourth-order valence-corrected chi connectivity index (χ4v) is 3.74. The van der Waals surface area contributed by atoms with Crippen molar-refractivity contribution in [1.82, 2.24) is 14.9 Å². The zero-order chi connectivity index (χ0) is 21.3. The van der Waals surface area contributed by atoms with E-state index in [0.717, 1.165) is 16.5 Å². The van der Waals surface area contributed by atoms with E-state index < -0.39 is 0 Å². The summed E-state index contributed by atoms with van der Waals surface area (Å²) in [6.45, 7) is 0.570. The smallest absolute Gasteiger partial charge is 0.240 e. The van der Waals surface area contributed by atoms with Crippen molar-refractivity contribution in [2.75, 3.05) is 31.3 Å². The van der Waals surface area contributed by atoms with Crippen LogP contribution >= 0.6 is 11.8 Å². The summed E-state index contributed by atoms with van der Waals surface area (Å²) >= 11 is 1.21. The number of benzene rings is 2. The van der Waals surface area contributed by atoms with E-state index in [4.69, 9.17) is 4.74 Å². The Morgan fingerprint density at radius 2 is 1.97 bits per heavy atom. The van der Waals surface area contributed by atoms with E-state index in [1.54, 1.807) is 11.7 Å². The average Bonchev–Trinajstić information content (AvgIpc) is 3.14. The molecule has 30 heavy (non-hydrogen) atoms. The molecule has 3 N–H and O–H groups in total. The summed E-state index contributed by atoms with van der Waals surface area (Å²) in [5, 5.41) is 17.7. The van der Waals surface area contributed by atoms with Crippen LogP contribution in [-0.2, 0) is 27.5 Å². The second-order valence-corrected chi connectivity index (χ2v) is 7.43. The molecule has 0 aliphatic rings. The molecular weight excluding hydrogens is 404 g/mol. The minimum absolute atomic E-state index is 0.00683. The van der Waals surface area contributed by atoms with Gasteiger partial charge in [0, 0.05) is 24.7 Å². The molecule has 0 aliphatic carbocycles. The number of nitrogens with zero attached hydrogens (tertiary/aromatic N) is 2. The largest absolute Gasteiger partial charge is 0.390 e. The van der Waals surface area contributed by atoms with Crippen molar-refractivity contribution in [3.8, 4) is 0 Å². The van der Waals surface area contributed by atoms with Gasteiger partial charge in [-0.1, -0.05) is 48.2 Å². The lowest BCUT2D eigenvalue weighted by molar-refractivity contribution is -0.122. The number of fused-ring (bicyclic) bond motifs is 1. The minimum atomic E-state index is -0.249. The topological polar surface area (TPSA) is 105 Å². The van der Waals surface area contributed by atoms with Crippen molar-refractivity contribution in [3.05, 3.63) is 54.4 Å². The van der Waals surface area contributed by atoms with Gasteiger partial charge in [0.15, 0.2) is 5.16 Å². The number of nitrogens with one attached hydrogen (secondary N) is 2. The summed E-state index contributed by atoms with van der Waals surface area (Å²) in [5.41, 5.74) is 1.25. The Balaban J connectivity index is 1.63. The molecule has 0 bridgehead atoms. The van der Waals surface area contributed by atoms with Gasteiger partial charge >= 0.3 is 0 Å². The van der Waals surface area contributed by atoms with Gasteiger partial charge in [-0.25, -0.2) is 4.98 Å². The molecule has 158 valence electrons. The number of hydrogen-bond acceptors (Lipinski definition) is 6. The molecule has 2 amide bonds. The number of thioether (sulfide) groups is 1. The Morgan fingerprint density at radius 1 is 1.17 bits per heavy atom. The van der Waals surface area contributed by atoms with Gasteiger partial charge in [0.25, 0.3) is 0 Å². The van der Waals surface area contributed by atoms with E-state index in [2.05, 4.69) is 15.6 Å². The number of methoxy groups -OCH3 is 1. The van der Waals surface area contributed by atoms with Gasteiger partial charge in [0.05, 0.1) is 30.9 Å². The molecule has 8 nitrogen and oxygen atoms in total. The lowest BCUT2D eigenvalue weighted by Gasteiger charge is -2.11. The Kier molecular flexibility index (Phi) is 7.83. The summed E-state index contributed by atoms with van der Waals surface area (Å²) in [5.74, 6) is -0.279. The molecule has 0 aliphatic heterocycles. The SMILES string of the molecule is COCCNC(=O)Cn1c(CO)cnc1SCC(=O)Nc1cccc2ccccc12. The summed E-state index contributed by atoms with van der Waals surface area (Å²) in [7, 11) is 1.56. The van der Waals surface area contributed by atoms with Gasteiger partial charge in [0.2, 0.25) is 11.8 Å². The summed E-state index contributed by atoms with van der Waals surface area (Å²) in [6, 6.07) is 13.6. The number of amides is 2. The Hall–Kier alpha value is -2.88. The first-order valence-corrected chi connectivity index (χ1v) is 10.4. The zero-order valence-corrected chi connectivity index (χ0v) is 17.4. The zero-order valence-electron chi connectivity index (χ0n) is 16.6. The fraction of sp³-hybridized carbons (Fsp3) is 0.286. The maximum Gasteiger partial charge on any atom is 0.240 e. The van der Waals surface area contributed by atoms with Crippen LogP contribution in [0.1, 0.15) is 5.69 Å². The maximum absolute atomic E-state index is 12.5. The first-order chi connectivity index (χ1) is 14.6. The van der Waals surface area contributed by atoms with Gasteiger partial charge < -0.3 is 25.0 Å². The molecule has 3 aromatic rings. The highest BCUT2D eigenvalue weighted by Gasteiger charge is 2.15. The fourth-order valence-electron chi connectivity index (χ4n) is 2.95. The van der Waals surface area contributed by atoms with Crippen molar-refractivity contribution in [2.45, 2.75) is 18.3 Å². The van der Waals surface area contributed by atoms with Gasteiger partial charge in [-0.15, -0.1) is 0 Å². The van der Waals surface area contributed by atoms with E-state index in [-0.39, 0.29) is 30.7 Å². The van der Waals surface area contributed by atoms with Gasteiger partial charge in [-0.05, 0) is 11.5 Å². The van der Waals surface area contributed by atoms with Crippen LogP contribution in [0.15, 0.2) is 53.8 Å². The molecule has 0 atom stereocenters. The number of aliphatic hydroxyl groups is 1. The second-order valence-electron chi connectivity index (χ2n) is 6.48. The van der Waals surface area contributed by atoms with E-state index >= 15 is 0 Å². The van der Waals surface area contributed by atoms with Crippen LogP contribution in [0.3, 0.4) is 0 Å². The predicted molar refractivity (Wildman–Crippen MR) is 116 cm³/mol. The summed E-state index contributed by atoms with van der Waals surface area (Å²) in [6.07, 6.45) is 1.51. The number of ether oxygens (including phenoxy) is 1. The number of hydrogen-bond donors (Lipinski definition) is 3. The molecule has 9 heteroatoms. The summed E-state index contributed by atoms with van der Waals surface area (Å²) < 4.78 is 6.52. The molecule has 1 aromatic heterocycles. The normalized spacial score (nSPS) is 10.9. The van der Waals surface area contributed by atoms with E-state index in [9.17, 15) is 14.7 Å². The second kappa shape index (κ2) is 10.8. The van der Waals surface area contributed by atoms with Crippen molar-refractivity contribution in [3.63, 3.8) is 0 Å². The molecule has 0 unspecified atom stereocenters. The standard InChI is InChI=1S/C21H24N4O4S/c1-29-10-9-22-19(27)12-25-16(13-26)11-23-21(25)30-14-20(28)24-18-8-4-6-15-5-2-3-7-17(15)18/h2-8,11,26H,9-10,12-14H2,1H3,(H,22,27)(H,24,28). The van der Waals surface area contributed by atoms with Crippen LogP contribution in [0.4, 0.5) is 5.69 Å². The first kappa shape index (κ1) is 21.8. The van der Waals surface area contributed by atoms with Crippen molar-refractivity contribution < 1.29 is 19.4 Å². The van der Waals surface area contributed by atoms with Crippen molar-refractivity contribution >= 4 is 40.0 Å². The third kappa shape index (κ3) is 5.59. The number of carbonyl (C=O) groups is 2. The molecular formula is C21H24N4O4S. The highest BCUT2D eigenvalue weighted by Crippen LogP contribution is 2.24. The molecule has 0 spiro atoms. The molecule has 1 heterocycles. The van der Waals surface area contributed by atoms with Gasteiger partial charge in [-0.2, -0.15) is 0 Å². The molecule has 3 rings (SSSR count). The lowest BCUT2D eigenvalue weighted by Crippen LogP contribution is -2.31. The molecule has 0 radical (unpaired) electrons. The van der Waals surface area contributed by atoms with E-state index in [0.29, 0.717) is 24.0 Å². The van der Waals surface area contributed by atoms with Crippen LogP contribution in [0.5, 0.6) is 0 Å². The number of aliphatic hydroxyl groups excluding tert-OH is 1. The Bertz CT molecular complexity index is 1020. The maximum atomic E-state index is 12.5. The van der Waals surface area contributed by atoms with Crippen molar-refractivity contribution in [1.29, 1.82) is 0 Å². The van der Waals surface area contributed by atoms with Crippen LogP contribution in [0.2, 0.25) is 0 Å². The monoisotopic (exact) mass is 428 g/mol. The minimum Gasteiger partial charge on any atom is -0.390 e. The van der Waals surface area contributed by atoms with Crippen LogP contribution in [-0.4, -0.2) is 52.5 Å². The van der Waals surface area contributed by atoms with Crippen LogP contribution in [0, 0.1) is 0 Å². The number of aromatic nitrogens is 2. The highest BCUT2D eigenvalue weighted by atomic mass is 32.2. The van der Waals surface area contributed by atoms with Gasteiger partial charge in [-0.3, -0.25) is 9.59 Å². The molecule has 0 fully saturated rings. The third-order valence-electron chi connectivity index (χ3n) is 4.39. The quantitative estimate of drug-likeness (QED) is 0.337. The third-order valence-corrected chi connectivity index (χ3v) is 5.38. The highest BCUT2D eigenvalue weighted by molar-refractivity contribution is 7.99. The lowest BCUT2D eigenvalue weighted by atomic mass is 10.1. The van der Waals surface area contributed by atoms with Crippen molar-refractivity contribution in [2.24, 2.45) is 0 Å². The molecule has 0 saturated carbocycles. The number of rotatable bonds is 10. The Morgan fingerprint density at radius 3 is 2.77 bits per heavy atom. The van der Waals surface area contributed by atoms with Crippen LogP contribution in [0.25, 0.3) is 10.8 Å². The number of imidazole rings is 1. The van der Waals surface area contributed by atoms with E-state index in [1.807, 2.05) is 42.5 Å². The number of carbonyl (C=O) groups excluding carboxylic acids is 2. The van der Waals surface area contributed by atoms with Crippen LogP contribution < -0.4 is 10.6 Å². The molecule has 0 saturated heterocycles. The average molecular weight is 429 g/mol. The predicted octanol–water partition coefficient (Wildman–Crippen LogP) is 2.02. The van der Waals surface area contributed by atoms with Gasteiger partial charge in [0.1, 0.15) is 6.54 Å². The Labute approximate surface area is 178 Å².